The minimum absolute atomic E-state index is 0. The zero-order valence-electron chi connectivity index (χ0n) is 55.1. The maximum absolute atomic E-state index is 12.4. The molecule has 0 spiro atoms. The second-order valence-corrected chi connectivity index (χ2v) is 19.2. The summed E-state index contributed by atoms with van der Waals surface area (Å²) in [6.07, 6.45) is 0.144. The van der Waals surface area contributed by atoms with E-state index in [1.165, 1.54) is 0 Å². The van der Waals surface area contributed by atoms with Gasteiger partial charge in [0, 0.05) is 50.8 Å². The number of para-hydroxylation sites is 1. The Labute approximate surface area is 431 Å². The van der Waals surface area contributed by atoms with Gasteiger partial charge >= 0.3 is 0 Å². The molecule has 0 amide bonds. The molecule has 0 atom stereocenters. The van der Waals surface area contributed by atoms with Gasteiger partial charge in [0.05, 0.1) is 31.9 Å². The van der Waals surface area contributed by atoms with E-state index in [0.29, 0.717) is 39.1 Å². The van der Waals surface area contributed by atoms with Crippen LogP contribution in [0.1, 0.15) is 158 Å². The van der Waals surface area contributed by atoms with E-state index in [1.54, 1.807) is 6.07 Å². The fourth-order valence-electron chi connectivity index (χ4n) is 8.04. The predicted octanol–water partition coefficient (Wildman–Crippen LogP) is 16.8. The van der Waals surface area contributed by atoms with Crippen molar-refractivity contribution in [1.29, 1.82) is 0 Å². The third kappa shape index (κ3) is 9.50. The molecule has 6 aromatic carbocycles. The monoisotopic (exact) mass is 1070 g/mol. The molecule has 2 aromatic heterocycles. The van der Waals surface area contributed by atoms with Crippen molar-refractivity contribution in [2.24, 2.45) is 0 Å². The summed E-state index contributed by atoms with van der Waals surface area (Å²) in [6, 6.07) is 27.1. The molecule has 0 radical (unpaired) electrons. The Hall–Kier alpha value is -5.57. The standard InChI is InChI=1S/C61H66N3O.Pt/c1-14-61(12,13)47-27-28-54(51(37-47)41-19-16-15-17-20-41)64-55-22-18-21-49(56(55)63-58(64)52-35-43(38(2)3)34-50(39(4)5)57(52)65)44-31-45(33-48(32-44)60(9,10)11)53-36-42(29-30-62-53)40-23-25-46(26-24-40)59(6,7)8;/h15-30,32-39,65H,14H2,1-13H3;/q-1;/i6D3,7D3,8D3,23D,24D,25D,26D,29D,30D,36D;. The Morgan fingerprint density at radius 2 is 1.39 bits per heavy atom. The van der Waals surface area contributed by atoms with Crippen LogP contribution in [0, 0.1) is 6.07 Å². The molecule has 0 aliphatic carbocycles. The number of pyridine rings is 1. The number of nitrogens with zero attached hydrogens (tertiary/aromatic N) is 3. The third-order valence-corrected chi connectivity index (χ3v) is 12.5. The zero-order valence-corrected chi connectivity index (χ0v) is 41.4. The van der Waals surface area contributed by atoms with Crippen molar-refractivity contribution in [1.82, 2.24) is 14.5 Å². The van der Waals surface area contributed by atoms with Crippen LogP contribution in [0.25, 0.3) is 72.7 Å². The average molecular weight is 1070 g/mol. The second-order valence-electron chi connectivity index (χ2n) is 19.2. The normalized spacial score (nSPS) is 16.4. The number of hydrogen-bond acceptors (Lipinski definition) is 3. The van der Waals surface area contributed by atoms with Crippen LogP contribution in [0.15, 0.2) is 133 Å². The number of aromatic nitrogens is 3. The zero-order chi connectivity index (χ0) is 60.2. The summed E-state index contributed by atoms with van der Waals surface area (Å²) in [5, 5.41) is 12.4. The Morgan fingerprint density at radius 1 is 0.682 bits per heavy atom. The molecule has 0 fully saturated rings. The molecular weight excluding hydrogens is 986 g/mol. The molecule has 342 valence electrons. The van der Waals surface area contributed by atoms with Gasteiger partial charge in [0.15, 0.2) is 0 Å². The first-order valence-corrected chi connectivity index (χ1v) is 22.2. The van der Waals surface area contributed by atoms with Gasteiger partial charge in [0.25, 0.3) is 0 Å². The molecule has 8 rings (SSSR count). The molecule has 2 heterocycles. The van der Waals surface area contributed by atoms with E-state index in [2.05, 4.69) is 80.6 Å². The topological polar surface area (TPSA) is 50.9 Å². The van der Waals surface area contributed by atoms with E-state index >= 15 is 0 Å². The number of phenols is 1. The van der Waals surface area contributed by atoms with Crippen molar-refractivity contribution < 1.29 is 48.1 Å². The fraction of sp³-hybridized carbons (Fsp3) is 0.311. The number of hydrogen-bond donors (Lipinski definition) is 1. The minimum Gasteiger partial charge on any atom is -0.507 e. The van der Waals surface area contributed by atoms with E-state index in [4.69, 9.17) is 22.8 Å². The molecule has 0 bridgehead atoms. The molecule has 1 N–H and O–H groups in total. The van der Waals surface area contributed by atoms with Crippen molar-refractivity contribution in [3.05, 3.63) is 167 Å². The predicted molar refractivity (Wildman–Crippen MR) is 275 cm³/mol. The van der Waals surface area contributed by atoms with Crippen LogP contribution in [-0.2, 0) is 37.3 Å². The van der Waals surface area contributed by atoms with Crippen LogP contribution in [0.3, 0.4) is 0 Å². The molecule has 5 heteroatoms. The number of fused-ring (bicyclic) bond motifs is 1. The van der Waals surface area contributed by atoms with E-state index in [9.17, 15) is 9.22 Å². The molecule has 4 nitrogen and oxygen atoms in total. The molecule has 66 heavy (non-hydrogen) atoms. The first-order chi connectivity index (χ1) is 37.4. The summed E-state index contributed by atoms with van der Waals surface area (Å²) in [5.41, 5.74) is 1.52. The van der Waals surface area contributed by atoms with Gasteiger partial charge in [-0.15, -0.1) is 29.3 Å². The van der Waals surface area contributed by atoms with E-state index < -0.39 is 90.5 Å². The van der Waals surface area contributed by atoms with Crippen molar-refractivity contribution >= 4 is 11.0 Å². The Morgan fingerprint density at radius 3 is 2.05 bits per heavy atom. The molecular formula is C61H66N3OPt-. The molecule has 0 unspecified atom stereocenters. The van der Waals surface area contributed by atoms with Crippen molar-refractivity contribution in [3.8, 4) is 67.5 Å². The SMILES string of the molecule is [2H]c1nc(-c2[c-]c(-c3cccc4c3nc(-c3cc(C(C)C)cc(C(C)C)c3O)n4-c3ccc(C(C)(C)CC)cc3-c3ccccc3)cc(C(C)(C)C)c2)c([2H])c(-c2c([2H])c([2H])c(C(C([2H])([2H])[2H])(C([2H])([2H])[2H])C([2H])([2H])[2H])c([2H])c2[2H])c1[2H].[Pt]. The van der Waals surface area contributed by atoms with Crippen LogP contribution >= 0.6 is 0 Å². The van der Waals surface area contributed by atoms with Gasteiger partial charge in [-0.05, 0) is 104 Å². The summed E-state index contributed by atoms with van der Waals surface area (Å²) < 4.78 is 141. The molecule has 0 saturated carbocycles. The van der Waals surface area contributed by atoms with Crippen LogP contribution in [0.5, 0.6) is 5.75 Å². The van der Waals surface area contributed by atoms with Crippen LogP contribution < -0.4 is 0 Å². The molecule has 0 aliphatic rings. The van der Waals surface area contributed by atoms with Gasteiger partial charge in [-0.1, -0.05) is 186 Å². The van der Waals surface area contributed by atoms with Gasteiger partial charge in [0.1, 0.15) is 11.6 Å². The number of imidazole rings is 1. The maximum Gasteiger partial charge on any atom is 0.148 e. The summed E-state index contributed by atoms with van der Waals surface area (Å²) in [5.74, 6) is 0.610. The number of benzene rings is 6. The van der Waals surface area contributed by atoms with Gasteiger partial charge in [0.2, 0.25) is 0 Å². The van der Waals surface area contributed by atoms with Crippen LogP contribution in [0.2, 0.25) is 0 Å². The minimum atomic E-state index is -3.93. The molecule has 0 saturated heterocycles. The van der Waals surface area contributed by atoms with E-state index in [1.807, 2.05) is 89.2 Å². The van der Waals surface area contributed by atoms with Gasteiger partial charge in [-0.2, -0.15) is 0 Å². The maximum atomic E-state index is 12.4. The average Bonchev–Trinajstić information content (AvgIpc) is 1.34. The van der Waals surface area contributed by atoms with Crippen molar-refractivity contribution in [2.75, 3.05) is 0 Å². The first kappa shape index (κ1) is 31.4. The van der Waals surface area contributed by atoms with Crippen LogP contribution in [-0.4, -0.2) is 19.6 Å². The van der Waals surface area contributed by atoms with Gasteiger partial charge in [-0.3, -0.25) is 9.55 Å². The fourth-order valence-corrected chi connectivity index (χ4v) is 8.04. The molecule has 0 aliphatic heterocycles. The van der Waals surface area contributed by atoms with Gasteiger partial charge in [-0.25, -0.2) is 4.98 Å². The quantitative estimate of drug-likeness (QED) is 0.139. The third-order valence-electron chi connectivity index (χ3n) is 12.5. The summed E-state index contributed by atoms with van der Waals surface area (Å²) in [4.78, 5) is 9.91. The summed E-state index contributed by atoms with van der Waals surface area (Å²) in [7, 11) is 0. The smallest absolute Gasteiger partial charge is 0.148 e. The number of rotatable bonds is 10. The van der Waals surface area contributed by atoms with Crippen molar-refractivity contribution in [2.45, 2.75) is 124 Å². The number of aromatic hydroxyl groups is 1. The number of phenolic OH excluding ortho intramolecular Hbond substituents is 1. The summed E-state index contributed by atoms with van der Waals surface area (Å²) in [6.45, 7) is 9.01. The second kappa shape index (κ2) is 18.6. The largest absolute Gasteiger partial charge is 0.507 e. The van der Waals surface area contributed by atoms with Crippen molar-refractivity contribution in [3.63, 3.8) is 0 Å². The molecule has 8 aromatic rings. The summed E-state index contributed by atoms with van der Waals surface area (Å²) >= 11 is 0. The van der Waals surface area contributed by atoms with Gasteiger partial charge < -0.3 is 5.11 Å². The van der Waals surface area contributed by atoms with E-state index in [-0.39, 0.29) is 55.3 Å². The Balaban J connectivity index is 0.00000968. The first-order valence-electron chi connectivity index (χ1n) is 30.2. The van der Waals surface area contributed by atoms with Crippen LogP contribution in [0.4, 0.5) is 0 Å². The Kier molecular flexibility index (Phi) is 8.85. The Bertz CT molecular complexity index is 3710. The van der Waals surface area contributed by atoms with E-state index in [0.717, 1.165) is 39.9 Å².